The summed E-state index contributed by atoms with van der Waals surface area (Å²) in [5.41, 5.74) is 4.48. The molecule has 3 heterocycles. The van der Waals surface area contributed by atoms with Crippen molar-refractivity contribution < 1.29 is 14.3 Å². The molecule has 7 nitrogen and oxygen atoms in total. The van der Waals surface area contributed by atoms with Crippen molar-refractivity contribution in [2.24, 2.45) is 0 Å². The van der Waals surface area contributed by atoms with Crippen molar-refractivity contribution in [2.75, 3.05) is 6.79 Å². The summed E-state index contributed by atoms with van der Waals surface area (Å²) < 4.78 is 12.5. The van der Waals surface area contributed by atoms with Crippen LogP contribution in [0.15, 0.2) is 24.3 Å². The summed E-state index contributed by atoms with van der Waals surface area (Å²) in [5, 5.41) is 7.49. The highest BCUT2D eigenvalue weighted by Crippen LogP contribution is 2.34. The second kappa shape index (κ2) is 6.01. The third kappa shape index (κ3) is 2.65. The Balaban J connectivity index is 1.64. The van der Waals surface area contributed by atoms with Gasteiger partial charge in [0, 0.05) is 11.4 Å². The largest absolute Gasteiger partial charge is 0.454 e. The second-order valence-electron chi connectivity index (χ2n) is 6.54. The van der Waals surface area contributed by atoms with Crippen LogP contribution in [0, 0.1) is 20.8 Å². The first-order chi connectivity index (χ1) is 12.4. The van der Waals surface area contributed by atoms with E-state index in [1.54, 1.807) is 4.52 Å². The van der Waals surface area contributed by atoms with Crippen LogP contribution in [-0.2, 0) is 0 Å². The van der Waals surface area contributed by atoms with Crippen LogP contribution in [-0.4, -0.2) is 27.3 Å². The van der Waals surface area contributed by atoms with Crippen molar-refractivity contribution >= 4 is 11.6 Å². The van der Waals surface area contributed by atoms with Crippen LogP contribution in [0.25, 0.3) is 5.65 Å². The molecule has 1 atom stereocenters. The number of amides is 1. The number of aromatic nitrogens is 3. The molecule has 0 radical (unpaired) electrons. The van der Waals surface area contributed by atoms with E-state index in [0.29, 0.717) is 22.7 Å². The minimum absolute atomic E-state index is 0.194. The lowest BCUT2D eigenvalue weighted by molar-refractivity contribution is 0.0940. The first kappa shape index (κ1) is 16.4. The molecule has 4 rings (SSSR count). The van der Waals surface area contributed by atoms with Crippen LogP contribution in [0.3, 0.4) is 0 Å². The number of carbonyl (C=O) groups excluding carboxylic acids is 1. The molecule has 1 amide bonds. The smallest absolute Gasteiger partial charge is 0.257 e. The van der Waals surface area contributed by atoms with Crippen molar-refractivity contribution in [1.29, 1.82) is 0 Å². The molecule has 0 aliphatic carbocycles. The van der Waals surface area contributed by atoms with Crippen LogP contribution < -0.4 is 14.8 Å². The first-order valence-electron chi connectivity index (χ1n) is 8.48. The van der Waals surface area contributed by atoms with Gasteiger partial charge >= 0.3 is 0 Å². The van der Waals surface area contributed by atoms with E-state index in [4.69, 9.17) is 9.47 Å². The highest BCUT2D eigenvalue weighted by Gasteiger charge is 2.22. The Kier molecular flexibility index (Phi) is 3.79. The fraction of sp³-hybridized carbons (Fsp3) is 0.316. The Morgan fingerprint density at radius 1 is 1.19 bits per heavy atom. The number of rotatable bonds is 3. The maximum absolute atomic E-state index is 12.9. The molecule has 0 fully saturated rings. The highest BCUT2D eigenvalue weighted by atomic mass is 16.7. The van der Waals surface area contributed by atoms with Crippen molar-refractivity contribution in [3.8, 4) is 11.5 Å². The summed E-state index contributed by atoms with van der Waals surface area (Å²) in [4.78, 5) is 17.4. The SMILES string of the molecule is Cc1cc(C)n2nc(C)c(C(=O)N[C@@H](C)c3ccc4c(c3)OCO4)c2n1. The fourth-order valence-corrected chi connectivity index (χ4v) is 3.23. The molecule has 1 aliphatic rings. The number of fused-ring (bicyclic) bond motifs is 2. The summed E-state index contributed by atoms with van der Waals surface area (Å²) in [5.74, 6) is 1.23. The standard InChI is InChI=1S/C19H20N4O3/c1-10-7-11(2)23-18(20-10)17(13(4)22-23)19(24)21-12(3)14-5-6-15-16(8-14)26-9-25-15/h5-8,12H,9H2,1-4H3,(H,21,24)/t12-/m0/s1. The molecule has 1 aromatic carbocycles. The molecule has 0 bridgehead atoms. The average molecular weight is 352 g/mol. The topological polar surface area (TPSA) is 77.8 Å². The van der Waals surface area contributed by atoms with E-state index in [2.05, 4.69) is 15.4 Å². The number of aryl methyl sites for hydroxylation is 3. The number of benzene rings is 1. The van der Waals surface area contributed by atoms with Gasteiger partial charge in [-0.2, -0.15) is 5.10 Å². The number of hydrogen-bond donors (Lipinski definition) is 1. The molecule has 0 saturated carbocycles. The number of carbonyl (C=O) groups is 1. The lowest BCUT2D eigenvalue weighted by atomic mass is 10.1. The lowest BCUT2D eigenvalue weighted by Crippen LogP contribution is -2.27. The Hall–Kier alpha value is -3.09. The van der Waals surface area contributed by atoms with Gasteiger partial charge in [0.2, 0.25) is 6.79 Å². The number of nitrogens with zero attached hydrogens (tertiary/aromatic N) is 3. The van der Waals surface area contributed by atoms with Crippen LogP contribution in [0.2, 0.25) is 0 Å². The van der Waals surface area contributed by atoms with Gasteiger partial charge in [0.25, 0.3) is 5.91 Å². The second-order valence-corrected chi connectivity index (χ2v) is 6.54. The molecule has 0 unspecified atom stereocenters. The van der Waals surface area contributed by atoms with Crippen LogP contribution >= 0.6 is 0 Å². The molecular formula is C19H20N4O3. The highest BCUT2D eigenvalue weighted by molar-refractivity contribution is 6.01. The Labute approximate surface area is 151 Å². The summed E-state index contributed by atoms with van der Waals surface area (Å²) in [6.07, 6.45) is 0. The van der Waals surface area contributed by atoms with Gasteiger partial charge in [0.05, 0.1) is 11.7 Å². The Morgan fingerprint density at radius 2 is 1.96 bits per heavy atom. The molecule has 1 aliphatic heterocycles. The monoisotopic (exact) mass is 352 g/mol. The van der Waals surface area contributed by atoms with Gasteiger partial charge < -0.3 is 14.8 Å². The van der Waals surface area contributed by atoms with Gasteiger partial charge in [-0.25, -0.2) is 9.50 Å². The summed E-state index contributed by atoms with van der Waals surface area (Å²) in [7, 11) is 0. The molecule has 134 valence electrons. The average Bonchev–Trinajstić information content (AvgIpc) is 3.17. The zero-order chi connectivity index (χ0) is 18.4. The van der Waals surface area contributed by atoms with Crippen molar-refractivity contribution in [3.05, 3.63) is 52.5 Å². The molecule has 0 saturated heterocycles. The van der Waals surface area contributed by atoms with Gasteiger partial charge in [0.15, 0.2) is 17.1 Å². The number of hydrogen-bond acceptors (Lipinski definition) is 5. The molecule has 2 aromatic heterocycles. The maximum Gasteiger partial charge on any atom is 0.257 e. The van der Waals surface area contributed by atoms with E-state index in [9.17, 15) is 4.79 Å². The summed E-state index contributed by atoms with van der Waals surface area (Å²) in [6, 6.07) is 7.42. The summed E-state index contributed by atoms with van der Waals surface area (Å²) in [6.45, 7) is 7.84. The van der Waals surface area contributed by atoms with Crippen LogP contribution in [0.1, 0.15) is 46.0 Å². The molecule has 3 aromatic rings. The van der Waals surface area contributed by atoms with E-state index >= 15 is 0 Å². The Morgan fingerprint density at radius 3 is 2.77 bits per heavy atom. The van der Waals surface area contributed by atoms with Gasteiger partial charge in [-0.15, -0.1) is 0 Å². The van der Waals surface area contributed by atoms with Gasteiger partial charge in [-0.1, -0.05) is 6.07 Å². The normalized spacial score (nSPS) is 13.8. The minimum Gasteiger partial charge on any atom is -0.454 e. The molecule has 1 N–H and O–H groups in total. The van der Waals surface area contributed by atoms with E-state index in [0.717, 1.165) is 22.7 Å². The van der Waals surface area contributed by atoms with Crippen molar-refractivity contribution in [2.45, 2.75) is 33.7 Å². The van der Waals surface area contributed by atoms with Gasteiger partial charge in [0.1, 0.15) is 5.56 Å². The predicted octanol–water partition coefficient (Wildman–Crippen LogP) is 2.87. The minimum atomic E-state index is -0.197. The fourth-order valence-electron chi connectivity index (χ4n) is 3.23. The molecule has 0 spiro atoms. The Bertz CT molecular complexity index is 1030. The quantitative estimate of drug-likeness (QED) is 0.784. The van der Waals surface area contributed by atoms with E-state index in [1.165, 1.54) is 0 Å². The predicted molar refractivity (Wildman–Crippen MR) is 95.6 cm³/mol. The zero-order valence-electron chi connectivity index (χ0n) is 15.2. The van der Waals surface area contributed by atoms with E-state index in [1.807, 2.05) is 52.0 Å². The molecular weight excluding hydrogens is 332 g/mol. The summed E-state index contributed by atoms with van der Waals surface area (Å²) >= 11 is 0. The van der Waals surface area contributed by atoms with E-state index < -0.39 is 0 Å². The van der Waals surface area contributed by atoms with Gasteiger partial charge in [-0.05, 0) is 51.5 Å². The molecule has 7 heteroatoms. The number of ether oxygens (including phenoxy) is 2. The third-order valence-electron chi connectivity index (χ3n) is 4.54. The van der Waals surface area contributed by atoms with Crippen LogP contribution in [0.5, 0.6) is 11.5 Å². The lowest BCUT2D eigenvalue weighted by Gasteiger charge is -2.14. The third-order valence-corrected chi connectivity index (χ3v) is 4.54. The molecule has 26 heavy (non-hydrogen) atoms. The maximum atomic E-state index is 12.9. The van der Waals surface area contributed by atoms with Crippen LogP contribution in [0.4, 0.5) is 0 Å². The van der Waals surface area contributed by atoms with E-state index in [-0.39, 0.29) is 18.7 Å². The number of nitrogens with one attached hydrogen (secondary N) is 1. The zero-order valence-corrected chi connectivity index (χ0v) is 15.2. The first-order valence-corrected chi connectivity index (χ1v) is 8.48. The van der Waals surface area contributed by atoms with Gasteiger partial charge in [-0.3, -0.25) is 4.79 Å². The van der Waals surface area contributed by atoms with Crippen molar-refractivity contribution in [1.82, 2.24) is 19.9 Å². The van der Waals surface area contributed by atoms with Crippen molar-refractivity contribution in [3.63, 3.8) is 0 Å².